The second-order valence-electron chi connectivity index (χ2n) is 12.3. The number of halogens is 1. The molecule has 0 atom stereocenters. The molecule has 0 spiro atoms. The molecule has 0 N–H and O–H groups in total. The van der Waals surface area contributed by atoms with Crippen molar-refractivity contribution >= 4 is 22.8 Å². The molecule has 0 unspecified atom stereocenters. The highest BCUT2D eigenvalue weighted by atomic mass is 19.1. The Balaban J connectivity index is 1.48. The number of benzene rings is 2. The summed E-state index contributed by atoms with van der Waals surface area (Å²) in [6.45, 7) is 15.3. The molecule has 0 radical (unpaired) electrons. The summed E-state index contributed by atoms with van der Waals surface area (Å²) in [7, 11) is 3.48. The van der Waals surface area contributed by atoms with Crippen molar-refractivity contribution < 1.29 is 9.13 Å². The van der Waals surface area contributed by atoms with E-state index in [2.05, 4.69) is 74.5 Å². The van der Waals surface area contributed by atoms with Gasteiger partial charge in [-0.3, -0.25) is 0 Å². The van der Waals surface area contributed by atoms with Crippen LogP contribution in [0.15, 0.2) is 42.7 Å². The summed E-state index contributed by atoms with van der Waals surface area (Å²) >= 11 is 0. The van der Waals surface area contributed by atoms with Crippen LogP contribution in [0.4, 0.5) is 16.0 Å². The molecule has 0 bridgehead atoms. The van der Waals surface area contributed by atoms with Crippen molar-refractivity contribution in [2.45, 2.75) is 58.9 Å². The Hall–Kier alpha value is -3.68. The van der Waals surface area contributed by atoms with E-state index >= 15 is 0 Å². The van der Waals surface area contributed by atoms with Crippen LogP contribution < -0.4 is 14.5 Å². The largest absolute Gasteiger partial charge is 0.494 e. The number of hydrogen-bond acceptors (Lipinski definition) is 6. The SMILES string of the molecule is COc1ccc(N2CCN(c3nc(Cc4cc(C(C)(C)C)ccc4C)c4c(ncn4C)n3)CC2(C)C)cc1F. The first-order chi connectivity index (χ1) is 18.4. The van der Waals surface area contributed by atoms with E-state index in [-0.39, 0.29) is 22.5 Å². The third-order valence-electron chi connectivity index (χ3n) is 7.84. The zero-order chi connectivity index (χ0) is 28.1. The average Bonchev–Trinajstić information content (AvgIpc) is 3.24. The lowest BCUT2D eigenvalue weighted by molar-refractivity contribution is 0.384. The number of methoxy groups -OCH3 is 1. The van der Waals surface area contributed by atoms with E-state index in [1.807, 2.05) is 24.0 Å². The topological polar surface area (TPSA) is 59.3 Å². The molecular weight excluding hydrogens is 491 g/mol. The molecule has 1 aliphatic rings. The van der Waals surface area contributed by atoms with Crippen LogP contribution in [-0.2, 0) is 18.9 Å². The number of aryl methyl sites for hydroxylation is 2. The van der Waals surface area contributed by atoms with E-state index in [0.29, 0.717) is 37.7 Å². The lowest BCUT2D eigenvalue weighted by Crippen LogP contribution is -2.60. The van der Waals surface area contributed by atoms with Crippen LogP contribution >= 0.6 is 0 Å². The molecule has 39 heavy (non-hydrogen) atoms. The minimum Gasteiger partial charge on any atom is -0.494 e. The van der Waals surface area contributed by atoms with Crippen molar-refractivity contribution in [2.24, 2.45) is 7.05 Å². The number of rotatable bonds is 5. The van der Waals surface area contributed by atoms with Crippen LogP contribution in [0.1, 0.15) is 57.0 Å². The van der Waals surface area contributed by atoms with Crippen molar-refractivity contribution in [1.82, 2.24) is 19.5 Å². The molecule has 2 aromatic carbocycles. The Kier molecular flexibility index (Phi) is 6.77. The third kappa shape index (κ3) is 5.16. The molecule has 0 amide bonds. The van der Waals surface area contributed by atoms with E-state index in [4.69, 9.17) is 14.7 Å². The van der Waals surface area contributed by atoms with Gasteiger partial charge in [-0.15, -0.1) is 0 Å². The number of anilines is 2. The van der Waals surface area contributed by atoms with Gasteiger partial charge < -0.3 is 19.1 Å². The zero-order valence-corrected chi connectivity index (χ0v) is 24.3. The number of piperazine rings is 1. The van der Waals surface area contributed by atoms with E-state index in [0.717, 1.165) is 16.9 Å². The summed E-state index contributed by atoms with van der Waals surface area (Å²) in [4.78, 5) is 19.1. The maximum Gasteiger partial charge on any atom is 0.227 e. The van der Waals surface area contributed by atoms with E-state index < -0.39 is 0 Å². The molecule has 4 aromatic rings. The monoisotopic (exact) mass is 530 g/mol. The van der Waals surface area contributed by atoms with Gasteiger partial charge >= 0.3 is 0 Å². The van der Waals surface area contributed by atoms with Crippen LogP contribution in [0.3, 0.4) is 0 Å². The highest BCUT2D eigenvalue weighted by Gasteiger charge is 2.35. The maximum absolute atomic E-state index is 14.5. The van der Waals surface area contributed by atoms with Crippen molar-refractivity contribution in [3.8, 4) is 5.75 Å². The first-order valence-electron chi connectivity index (χ1n) is 13.5. The summed E-state index contributed by atoms with van der Waals surface area (Å²) in [5.74, 6) is 0.588. The minimum atomic E-state index is -0.354. The van der Waals surface area contributed by atoms with Gasteiger partial charge in [-0.1, -0.05) is 39.0 Å². The molecular formula is C31H39FN6O. The van der Waals surface area contributed by atoms with Gasteiger partial charge in [-0.05, 0) is 55.0 Å². The predicted octanol–water partition coefficient (Wildman–Crippen LogP) is 5.81. The Bertz CT molecular complexity index is 1520. The number of aromatic nitrogens is 4. The normalized spacial score (nSPS) is 15.7. The highest BCUT2D eigenvalue weighted by molar-refractivity contribution is 5.76. The van der Waals surface area contributed by atoms with Gasteiger partial charge in [-0.25, -0.2) is 14.4 Å². The molecule has 206 valence electrons. The molecule has 3 heterocycles. The van der Waals surface area contributed by atoms with E-state index in [1.165, 1.54) is 23.8 Å². The van der Waals surface area contributed by atoms with Gasteiger partial charge in [0.1, 0.15) is 5.52 Å². The fourth-order valence-electron chi connectivity index (χ4n) is 5.53. The fraction of sp³-hybridized carbons (Fsp3) is 0.452. The summed E-state index contributed by atoms with van der Waals surface area (Å²) in [6, 6.07) is 11.9. The van der Waals surface area contributed by atoms with Gasteiger partial charge in [0.15, 0.2) is 17.2 Å². The Morgan fingerprint density at radius 3 is 2.49 bits per heavy atom. The number of nitrogens with zero attached hydrogens (tertiary/aromatic N) is 6. The number of imidazole rings is 1. The smallest absolute Gasteiger partial charge is 0.227 e. The molecule has 7 nitrogen and oxygen atoms in total. The van der Waals surface area contributed by atoms with Crippen molar-refractivity contribution in [3.05, 3.63) is 70.9 Å². The van der Waals surface area contributed by atoms with E-state index in [1.54, 1.807) is 12.1 Å². The van der Waals surface area contributed by atoms with Crippen LogP contribution in [0, 0.1) is 12.7 Å². The third-order valence-corrected chi connectivity index (χ3v) is 7.84. The lowest BCUT2D eigenvalue weighted by atomic mass is 9.84. The molecule has 2 aromatic heterocycles. The summed E-state index contributed by atoms with van der Waals surface area (Å²) in [5.41, 5.74) is 7.10. The number of fused-ring (bicyclic) bond motifs is 1. The minimum absolute atomic E-state index is 0.0686. The average molecular weight is 531 g/mol. The van der Waals surface area contributed by atoms with Crippen molar-refractivity contribution in [1.29, 1.82) is 0 Å². The molecule has 1 aliphatic heterocycles. The molecule has 1 fully saturated rings. The molecule has 0 saturated carbocycles. The van der Waals surface area contributed by atoms with Crippen LogP contribution in [0.2, 0.25) is 0 Å². The highest BCUT2D eigenvalue weighted by Crippen LogP contribution is 2.33. The van der Waals surface area contributed by atoms with Crippen molar-refractivity contribution in [3.63, 3.8) is 0 Å². The van der Waals surface area contributed by atoms with Gasteiger partial charge in [-0.2, -0.15) is 4.98 Å². The molecule has 8 heteroatoms. The Morgan fingerprint density at radius 2 is 1.82 bits per heavy atom. The predicted molar refractivity (Wildman–Crippen MR) is 156 cm³/mol. The second-order valence-corrected chi connectivity index (χ2v) is 12.3. The summed E-state index contributed by atoms with van der Waals surface area (Å²) in [6.07, 6.45) is 2.51. The van der Waals surface area contributed by atoms with Gasteiger partial charge in [0.2, 0.25) is 5.95 Å². The first-order valence-corrected chi connectivity index (χ1v) is 13.5. The van der Waals surface area contributed by atoms with Gasteiger partial charge in [0, 0.05) is 44.9 Å². The fourth-order valence-corrected chi connectivity index (χ4v) is 5.53. The molecule has 0 aliphatic carbocycles. The quantitative estimate of drug-likeness (QED) is 0.324. The number of hydrogen-bond donors (Lipinski definition) is 0. The Labute approximate surface area is 230 Å². The maximum atomic E-state index is 14.5. The lowest BCUT2D eigenvalue weighted by Gasteiger charge is -2.48. The molecule has 5 rings (SSSR count). The first kappa shape index (κ1) is 26.9. The second kappa shape index (κ2) is 9.81. The van der Waals surface area contributed by atoms with Crippen LogP contribution in [-0.4, -0.2) is 51.8 Å². The van der Waals surface area contributed by atoms with Crippen LogP contribution in [0.5, 0.6) is 5.75 Å². The van der Waals surface area contributed by atoms with Gasteiger partial charge in [0.25, 0.3) is 0 Å². The summed E-state index contributed by atoms with van der Waals surface area (Å²) in [5, 5.41) is 0. The van der Waals surface area contributed by atoms with E-state index in [9.17, 15) is 4.39 Å². The summed E-state index contributed by atoms with van der Waals surface area (Å²) < 4.78 is 21.6. The number of ether oxygens (including phenoxy) is 1. The Morgan fingerprint density at radius 1 is 1.05 bits per heavy atom. The van der Waals surface area contributed by atoms with Crippen LogP contribution in [0.25, 0.3) is 11.2 Å². The van der Waals surface area contributed by atoms with Gasteiger partial charge in [0.05, 0.1) is 24.7 Å². The van der Waals surface area contributed by atoms with Crippen molar-refractivity contribution in [2.75, 3.05) is 36.5 Å². The molecule has 1 saturated heterocycles. The zero-order valence-electron chi connectivity index (χ0n) is 24.3. The standard InChI is InChI=1S/C31H39FN6O/c1-20-9-10-22(30(2,3)4)15-21(20)16-25-27-28(33-19-36(27)7)35-29(34-25)37-13-14-38(31(5,6)18-37)23-11-12-26(39-8)24(32)17-23/h9-12,15,17,19H,13-14,16,18H2,1-8H3.